The maximum atomic E-state index is 11.4. The smallest absolute Gasteiger partial charge is 0.410 e. The van der Waals surface area contributed by atoms with Crippen LogP contribution in [-0.2, 0) is 19.6 Å². The van der Waals surface area contributed by atoms with Gasteiger partial charge in [0.1, 0.15) is 11.4 Å². The van der Waals surface area contributed by atoms with Gasteiger partial charge in [0.25, 0.3) is 0 Å². The number of nitrogens with two attached hydrogens (primary N) is 1. The van der Waals surface area contributed by atoms with Gasteiger partial charge in [-0.05, 0) is 29.3 Å². The molecule has 0 radical (unpaired) electrons. The zero-order valence-electron chi connectivity index (χ0n) is 15.6. The van der Waals surface area contributed by atoms with E-state index in [1.165, 1.54) is 5.56 Å². The second-order valence-corrected chi connectivity index (χ2v) is 6.72. The molecule has 1 aromatic heterocycles. The summed E-state index contributed by atoms with van der Waals surface area (Å²) < 4.78 is 10.5. The molecule has 0 aliphatic carbocycles. The second kappa shape index (κ2) is 7.70. The molecule has 6 heteroatoms. The number of fused-ring (bicyclic) bond motifs is 1. The van der Waals surface area contributed by atoms with Crippen LogP contribution in [0.2, 0.25) is 0 Å². The molecule has 1 aliphatic heterocycles. The van der Waals surface area contributed by atoms with Crippen LogP contribution in [0.1, 0.15) is 16.8 Å². The average Bonchev–Trinajstić information content (AvgIpc) is 3.09. The molecule has 2 N–H and O–H groups in total. The fraction of sp³-hybridized carbons (Fsp3) is 0.182. The SMILES string of the molecule is COc1ccc(CN2Cc3cc(OC(N)=O)c(-c4ccccc4)nc3C2)cc1. The Labute approximate surface area is 163 Å². The standard InChI is InChI=1S/C22H21N3O3/c1-27-18-9-7-15(8-10-18)12-25-13-17-11-20(28-22(23)26)21(24-19(17)14-25)16-5-3-2-4-6-16/h2-11H,12-14H2,1H3,(H2,23,26). The van der Waals surface area contributed by atoms with E-state index in [1.807, 2.05) is 48.5 Å². The van der Waals surface area contributed by atoms with Crippen molar-refractivity contribution in [3.05, 3.63) is 77.5 Å². The van der Waals surface area contributed by atoms with Gasteiger partial charge in [-0.3, -0.25) is 4.90 Å². The first-order chi connectivity index (χ1) is 13.6. The van der Waals surface area contributed by atoms with Gasteiger partial charge in [0.15, 0.2) is 5.75 Å². The quantitative estimate of drug-likeness (QED) is 0.735. The lowest BCUT2D eigenvalue weighted by molar-refractivity contribution is 0.211. The van der Waals surface area contributed by atoms with Gasteiger partial charge in [-0.2, -0.15) is 0 Å². The Morgan fingerprint density at radius 2 is 1.86 bits per heavy atom. The topological polar surface area (TPSA) is 77.7 Å². The molecule has 0 bridgehead atoms. The van der Waals surface area contributed by atoms with Crippen LogP contribution in [0.4, 0.5) is 4.79 Å². The van der Waals surface area contributed by atoms with Crippen LogP contribution in [-0.4, -0.2) is 23.1 Å². The van der Waals surface area contributed by atoms with Crippen molar-refractivity contribution in [3.63, 3.8) is 0 Å². The van der Waals surface area contributed by atoms with E-state index in [-0.39, 0.29) is 0 Å². The Kier molecular flexibility index (Phi) is 4.95. The number of aromatic nitrogens is 1. The Hall–Kier alpha value is -3.38. The molecule has 1 aliphatic rings. The lowest BCUT2D eigenvalue weighted by Gasteiger charge is -2.14. The fourth-order valence-corrected chi connectivity index (χ4v) is 3.44. The highest BCUT2D eigenvalue weighted by atomic mass is 16.5. The van der Waals surface area contributed by atoms with Crippen LogP contribution >= 0.6 is 0 Å². The number of primary amides is 1. The molecular weight excluding hydrogens is 354 g/mol. The molecule has 2 heterocycles. The summed E-state index contributed by atoms with van der Waals surface area (Å²) in [7, 11) is 1.66. The minimum Gasteiger partial charge on any atom is -0.497 e. The summed E-state index contributed by atoms with van der Waals surface area (Å²) in [6.07, 6.45) is -0.841. The van der Waals surface area contributed by atoms with Gasteiger partial charge < -0.3 is 15.2 Å². The normalized spacial score (nSPS) is 13.2. The Bertz CT molecular complexity index is 988. The molecule has 0 saturated heterocycles. The van der Waals surface area contributed by atoms with Crippen LogP contribution in [0, 0.1) is 0 Å². The zero-order valence-corrected chi connectivity index (χ0v) is 15.6. The van der Waals surface area contributed by atoms with Gasteiger partial charge in [-0.15, -0.1) is 0 Å². The van der Waals surface area contributed by atoms with Gasteiger partial charge in [-0.1, -0.05) is 42.5 Å². The molecule has 28 heavy (non-hydrogen) atoms. The van der Waals surface area contributed by atoms with E-state index in [1.54, 1.807) is 7.11 Å². The van der Waals surface area contributed by atoms with Crippen LogP contribution in [0.5, 0.6) is 11.5 Å². The Balaban J connectivity index is 1.60. The van der Waals surface area contributed by atoms with Gasteiger partial charge in [0.2, 0.25) is 0 Å². The monoisotopic (exact) mass is 375 g/mol. The number of ether oxygens (including phenoxy) is 2. The average molecular weight is 375 g/mol. The zero-order chi connectivity index (χ0) is 19.5. The fourth-order valence-electron chi connectivity index (χ4n) is 3.44. The highest BCUT2D eigenvalue weighted by Crippen LogP contribution is 2.34. The second-order valence-electron chi connectivity index (χ2n) is 6.72. The first kappa shape index (κ1) is 18.0. The third-order valence-corrected chi connectivity index (χ3v) is 4.75. The Morgan fingerprint density at radius 1 is 1.11 bits per heavy atom. The predicted octanol–water partition coefficient (Wildman–Crippen LogP) is 3.73. The summed E-state index contributed by atoms with van der Waals surface area (Å²) in [5.74, 6) is 1.24. The lowest BCUT2D eigenvalue weighted by Crippen LogP contribution is -2.17. The van der Waals surface area contributed by atoms with Crippen molar-refractivity contribution in [1.29, 1.82) is 0 Å². The lowest BCUT2D eigenvalue weighted by atomic mass is 10.1. The number of nitrogens with zero attached hydrogens (tertiary/aromatic N) is 2. The molecule has 3 aromatic rings. The van der Waals surface area contributed by atoms with Gasteiger partial charge in [0, 0.05) is 25.2 Å². The first-order valence-corrected chi connectivity index (χ1v) is 9.03. The van der Waals surface area contributed by atoms with Crippen molar-refractivity contribution in [1.82, 2.24) is 9.88 Å². The summed E-state index contributed by atoms with van der Waals surface area (Å²) in [5, 5.41) is 0. The summed E-state index contributed by atoms with van der Waals surface area (Å²) in [5.41, 5.74) is 10.0. The number of amides is 1. The van der Waals surface area contributed by atoms with Crippen molar-refractivity contribution in [2.75, 3.05) is 7.11 Å². The molecule has 4 rings (SSSR count). The van der Waals surface area contributed by atoms with E-state index in [4.69, 9.17) is 20.2 Å². The number of methoxy groups -OCH3 is 1. The van der Waals surface area contributed by atoms with Crippen molar-refractivity contribution >= 4 is 6.09 Å². The van der Waals surface area contributed by atoms with Crippen molar-refractivity contribution < 1.29 is 14.3 Å². The molecule has 1 amide bonds. The number of carbonyl (C=O) groups is 1. The van der Waals surface area contributed by atoms with E-state index >= 15 is 0 Å². The van der Waals surface area contributed by atoms with Gasteiger partial charge in [0.05, 0.1) is 12.8 Å². The molecule has 0 atom stereocenters. The Morgan fingerprint density at radius 3 is 2.54 bits per heavy atom. The number of benzene rings is 2. The van der Waals surface area contributed by atoms with Crippen LogP contribution in [0.15, 0.2) is 60.7 Å². The third-order valence-electron chi connectivity index (χ3n) is 4.75. The summed E-state index contributed by atoms with van der Waals surface area (Å²) in [4.78, 5) is 18.5. The molecule has 2 aromatic carbocycles. The molecule has 142 valence electrons. The largest absolute Gasteiger partial charge is 0.497 e. The minimum atomic E-state index is -0.841. The summed E-state index contributed by atoms with van der Waals surface area (Å²) in [6.45, 7) is 2.27. The third kappa shape index (κ3) is 3.82. The van der Waals surface area contributed by atoms with E-state index in [0.717, 1.165) is 42.2 Å². The van der Waals surface area contributed by atoms with E-state index in [0.29, 0.717) is 11.4 Å². The first-order valence-electron chi connectivity index (χ1n) is 9.03. The molecule has 6 nitrogen and oxygen atoms in total. The predicted molar refractivity (Wildman–Crippen MR) is 106 cm³/mol. The van der Waals surface area contributed by atoms with Crippen LogP contribution < -0.4 is 15.2 Å². The van der Waals surface area contributed by atoms with Crippen molar-refractivity contribution in [2.45, 2.75) is 19.6 Å². The summed E-state index contributed by atoms with van der Waals surface area (Å²) in [6, 6.07) is 19.6. The number of hydrogen-bond donors (Lipinski definition) is 1. The molecular formula is C22H21N3O3. The molecule has 0 saturated carbocycles. The minimum absolute atomic E-state index is 0.392. The van der Waals surface area contributed by atoms with Crippen molar-refractivity contribution in [3.8, 4) is 22.8 Å². The van der Waals surface area contributed by atoms with Crippen LogP contribution in [0.3, 0.4) is 0 Å². The number of pyridine rings is 1. The van der Waals surface area contributed by atoms with Gasteiger partial charge in [-0.25, -0.2) is 9.78 Å². The number of rotatable bonds is 5. The highest BCUT2D eigenvalue weighted by Gasteiger charge is 2.24. The maximum Gasteiger partial charge on any atom is 0.410 e. The van der Waals surface area contributed by atoms with Gasteiger partial charge >= 0.3 is 6.09 Å². The highest BCUT2D eigenvalue weighted by molar-refractivity contribution is 5.74. The van der Waals surface area contributed by atoms with Crippen LogP contribution in [0.25, 0.3) is 11.3 Å². The summed E-state index contributed by atoms with van der Waals surface area (Å²) >= 11 is 0. The van der Waals surface area contributed by atoms with E-state index < -0.39 is 6.09 Å². The number of hydrogen-bond acceptors (Lipinski definition) is 5. The van der Waals surface area contributed by atoms with E-state index in [9.17, 15) is 4.79 Å². The van der Waals surface area contributed by atoms with Crippen molar-refractivity contribution in [2.24, 2.45) is 5.73 Å². The molecule has 0 fully saturated rings. The van der Waals surface area contributed by atoms with E-state index in [2.05, 4.69) is 17.0 Å². The number of carbonyl (C=O) groups excluding carboxylic acids is 1. The maximum absolute atomic E-state index is 11.4. The molecule has 0 unspecified atom stereocenters. The molecule has 0 spiro atoms.